The van der Waals surface area contributed by atoms with Crippen molar-refractivity contribution in [3.63, 3.8) is 0 Å². The maximum absolute atomic E-state index is 12.2. The van der Waals surface area contributed by atoms with Gasteiger partial charge in [-0.2, -0.15) is 0 Å². The van der Waals surface area contributed by atoms with Crippen molar-refractivity contribution in [1.29, 1.82) is 0 Å². The highest BCUT2D eigenvalue weighted by Gasteiger charge is 2.14. The lowest BCUT2D eigenvalue weighted by atomic mass is 10.1. The molecule has 0 unspecified atom stereocenters. The van der Waals surface area contributed by atoms with Crippen LogP contribution in [0.3, 0.4) is 0 Å². The van der Waals surface area contributed by atoms with E-state index >= 15 is 0 Å². The van der Waals surface area contributed by atoms with Crippen LogP contribution in [-0.4, -0.2) is 34.0 Å². The van der Waals surface area contributed by atoms with Crippen LogP contribution in [0.5, 0.6) is 5.75 Å². The summed E-state index contributed by atoms with van der Waals surface area (Å²) in [5.41, 5.74) is 2.40. The van der Waals surface area contributed by atoms with Gasteiger partial charge in [0.2, 0.25) is 0 Å². The number of aromatic nitrogens is 1. The number of fused-ring (bicyclic) bond motifs is 1. The zero-order valence-corrected chi connectivity index (χ0v) is 14.8. The maximum atomic E-state index is 12.2. The molecule has 3 rings (SSSR count). The molecule has 27 heavy (non-hydrogen) atoms. The Labute approximate surface area is 158 Å². The highest BCUT2D eigenvalue weighted by molar-refractivity contribution is 5.87. The second-order valence-electron chi connectivity index (χ2n) is 6.14. The van der Waals surface area contributed by atoms with Gasteiger partial charge in [-0.15, -0.1) is 6.42 Å². The monoisotopic (exact) mass is 360 g/mol. The Kier molecular flexibility index (Phi) is 6.03. The van der Waals surface area contributed by atoms with Gasteiger partial charge in [-0.1, -0.05) is 48.4 Å². The summed E-state index contributed by atoms with van der Waals surface area (Å²) in [4.78, 5) is 18.3. The zero-order chi connectivity index (χ0) is 19.1. The van der Waals surface area contributed by atoms with E-state index in [0.29, 0.717) is 18.6 Å². The third-order valence-electron chi connectivity index (χ3n) is 4.14. The minimum absolute atomic E-state index is 0.0830. The normalized spacial score (nSPS) is 10.7. The lowest BCUT2D eigenvalue weighted by Crippen LogP contribution is -2.31. The van der Waals surface area contributed by atoms with Crippen LogP contribution >= 0.6 is 0 Å². The molecular formula is C22H20N2O3. The number of pyridine rings is 1. The Bertz CT molecular complexity index is 964. The number of esters is 1. The molecule has 0 atom stereocenters. The van der Waals surface area contributed by atoms with Crippen LogP contribution in [-0.2, 0) is 22.7 Å². The SMILES string of the molecule is C#CCN(CC(=O)OCc1ccccc1)Cc1ccc(O)c2ncccc12. The second kappa shape index (κ2) is 8.84. The molecule has 0 saturated heterocycles. The molecule has 0 radical (unpaired) electrons. The summed E-state index contributed by atoms with van der Waals surface area (Å²) < 4.78 is 5.35. The Morgan fingerprint density at radius 2 is 1.96 bits per heavy atom. The molecule has 1 aromatic heterocycles. The molecule has 2 aromatic carbocycles. The minimum Gasteiger partial charge on any atom is -0.506 e. The van der Waals surface area contributed by atoms with Crippen molar-refractivity contribution in [2.75, 3.05) is 13.1 Å². The lowest BCUT2D eigenvalue weighted by Gasteiger charge is -2.20. The molecule has 136 valence electrons. The Balaban J connectivity index is 1.68. The molecule has 0 spiro atoms. The van der Waals surface area contributed by atoms with Gasteiger partial charge in [-0.25, -0.2) is 0 Å². The van der Waals surface area contributed by atoms with Gasteiger partial charge >= 0.3 is 5.97 Å². The molecule has 0 fully saturated rings. The first-order chi connectivity index (χ1) is 13.2. The van der Waals surface area contributed by atoms with Gasteiger partial charge in [0, 0.05) is 18.1 Å². The molecule has 0 aliphatic rings. The summed E-state index contributed by atoms with van der Waals surface area (Å²) in [7, 11) is 0. The van der Waals surface area contributed by atoms with Gasteiger partial charge in [-0.05, 0) is 23.3 Å². The quantitative estimate of drug-likeness (QED) is 0.518. The van der Waals surface area contributed by atoms with E-state index < -0.39 is 0 Å². The van der Waals surface area contributed by atoms with Gasteiger partial charge in [0.1, 0.15) is 17.9 Å². The topological polar surface area (TPSA) is 62.7 Å². The summed E-state index contributed by atoms with van der Waals surface area (Å²) in [5, 5.41) is 10.8. The Hall–Kier alpha value is -3.36. The minimum atomic E-state index is -0.338. The van der Waals surface area contributed by atoms with E-state index in [4.69, 9.17) is 11.2 Å². The third-order valence-corrected chi connectivity index (χ3v) is 4.14. The summed E-state index contributed by atoms with van der Waals surface area (Å²) >= 11 is 0. The summed E-state index contributed by atoms with van der Waals surface area (Å²) in [6, 6.07) is 16.6. The van der Waals surface area contributed by atoms with Crippen molar-refractivity contribution in [1.82, 2.24) is 9.88 Å². The fourth-order valence-corrected chi connectivity index (χ4v) is 2.86. The number of carbonyl (C=O) groups is 1. The Morgan fingerprint density at radius 1 is 1.15 bits per heavy atom. The van der Waals surface area contributed by atoms with E-state index in [-0.39, 0.29) is 24.9 Å². The molecular weight excluding hydrogens is 340 g/mol. The molecule has 0 aliphatic heterocycles. The molecule has 5 heteroatoms. The van der Waals surface area contributed by atoms with Crippen LogP contribution in [0.2, 0.25) is 0 Å². The molecule has 0 amide bonds. The van der Waals surface area contributed by atoms with Gasteiger partial charge in [0.25, 0.3) is 0 Å². The van der Waals surface area contributed by atoms with Crippen LogP contribution in [0, 0.1) is 12.3 Å². The van der Waals surface area contributed by atoms with E-state index in [0.717, 1.165) is 16.5 Å². The smallest absolute Gasteiger partial charge is 0.320 e. The fraction of sp³-hybridized carbons (Fsp3) is 0.182. The largest absolute Gasteiger partial charge is 0.506 e. The van der Waals surface area contributed by atoms with Gasteiger partial charge in [-0.3, -0.25) is 14.7 Å². The number of nitrogens with zero attached hydrogens (tertiary/aromatic N) is 2. The summed E-state index contributed by atoms with van der Waals surface area (Å²) in [6.07, 6.45) is 7.10. The van der Waals surface area contributed by atoms with E-state index in [1.807, 2.05) is 53.4 Å². The highest BCUT2D eigenvalue weighted by atomic mass is 16.5. The first-order valence-corrected chi connectivity index (χ1v) is 8.58. The van der Waals surface area contributed by atoms with Crippen LogP contribution in [0.25, 0.3) is 10.9 Å². The predicted octanol–water partition coefficient (Wildman–Crippen LogP) is 3.12. The first-order valence-electron chi connectivity index (χ1n) is 8.58. The molecule has 3 aromatic rings. The van der Waals surface area contributed by atoms with Gasteiger partial charge in [0.05, 0.1) is 13.1 Å². The number of terminal acetylenes is 1. The molecule has 0 bridgehead atoms. The fourth-order valence-electron chi connectivity index (χ4n) is 2.86. The van der Waals surface area contributed by atoms with Crippen molar-refractivity contribution in [2.45, 2.75) is 13.2 Å². The van der Waals surface area contributed by atoms with Crippen molar-refractivity contribution >= 4 is 16.9 Å². The molecule has 0 aliphatic carbocycles. The number of rotatable bonds is 7. The number of carbonyl (C=O) groups excluding carboxylic acids is 1. The average Bonchev–Trinajstić information content (AvgIpc) is 2.70. The maximum Gasteiger partial charge on any atom is 0.320 e. The number of phenols is 1. The standard InChI is InChI=1S/C22H20N2O3/c1-2-13-24(15-21(26)27-16-17-7-4-3-5-8-17)14-18-10-11-20(25)22-19(18)9-6-12-23-22/h1,3-12,25H,13-16H2. The third kappa shape index (κ3) is 4.84. The van der Waals surface area contributed by atoms with Gasteiger partial charge in [0.15, 0.2) is 0 Å². The Morgan fingerprint density at radius 3 is 2.74 bits per heavy atom. The second-order valence-corrected chi connectivity index (χ2v) is 6.14. The highest BCUT2D eigenvalue weighted by Crippen LogP contribution is 2.26. The number of aromatic hydroxyl groups is 1. The molecule has 0 saturated carbocycles. The number of hydrogen-bond donors (Lipinski definition) is 1. The van der Waals surface area contributed by atoms with Crippen LogP contribution in [0.4, 0.5) is 0 Å². The van der Waals surface area contributed by atoms with Crippen LogP contribution < -0.4 is 0 Å². The number of ether oxygens (including phenoxy) is 1. The van der Waals surface area contributed by atoms with Crippen LogP contribution in [0.1, 0.15) is 11.1 Å². The predicted molar refractivity (Wildman–Crippen MR) is 104 cm³/mol. The molecule has 1 N–H and O–H groups in total. The van der Waals surface area contributed by atoms with Crippen molar-refractivity contribution < 1.29 is 14.6 Å². The van der Waals surface area contributed by atoms with Crippen LogP contribution in [0.15, 0.2) is 60.8 Å². The first kappa shape index (κ1) is 18.4. The zero-order valence-electron chi connectivity index (χ0n) is 14.8. The van der Waals surface area contributed by atoms with Crippen molar-refractivity contribution in [3.8, 4) is 18.1 Å². The van der Waals surface area contributed by atoms with E-state index in [1.165, 1.54) is 0 Å². The van der Waals surface area contributed by atoms with E-state index in [9.17, 15) is 9.90 Å². The van der Waals surface area contributed by atoms with Crippen molar-refractivity contribution in [2.24, 2.45) is 0 Å². The molecule has 5 nitrogen and oxygen atoms in total. The number of benzene rings is 2. The van der Waals surface area contributed by atoms with Gasteiger partial charge < -0.3 is 9.84 Å². The number of hydrogen-bond acceptors (Lipinski definition) is 5. The van der Waals surface area contributed by atoms with E-state index in [1.54, 1.807) is 12.3 Å². The average molecular weight is 360 g/mol. The summed E-state index contributed by atoms with van der Waals surface area (Å²) in [6.45, 7) is 1.07. The van der Waals surface area contributed by atoms with E-state index in [2.05, 4.69) is 10.9 Å². The summed E-state index contributed by atoms with van der Waals surface area (Å²) in [5.74, 6) is 2.37. The van der Waals surface area contributed by atoms with Crippen molar-refractivity contribution in [3.05, 3.63) is 71.9 Å². The lowest BCUT2D eigenvalue weighted by molar-refractivity contribution is -0.146. The number of phenolic OH excluding ortho intramolecular Hbond substituents is 1. The molecule has 1 heterocycles.